The van der Waals surface area contributed by atoms with E-state index in [2.05, 4.69) is 6.92 Å². The van der Waals surface area contributed by atoms with Gasteiger partial charge in [0.1, 0.15) is 5.82 Å². The number of carbonyl (C=O) groups excluding carboxylic acids is 1. The molecule has 0 saturated carbocycles. The van der Waals surface area contributed by atoms with Crippen molar-refractivity contribution in [2.45, 2.75) is 13.3 Å². The first-order valence-corrected chi connectivity index (χ1v) is 5.79. The standard InChI is InChI=1S/C13H17FN2O/c1-13(8-15)6-7-16(9-13)12(17)10-2-4-11(14)5-3-10/h2-5H,6-9,15H2,1H3. The van der Waals surface area contributed by atoms with E-state index in [1.807, 2.05) is 0 Å². The van der Waals surface area contributed by atoms with E-state index in [9.17, 15) is 9.18 Å². The first kappa shape index (κ1) is 12.0. The number of hydrogen-bond donors (Lipinski definition) is 1. The summed E-state index contributed by atoms with van der Waals surface area (Å²) >= 11 is 0. The molecular weight excluding hydrogens is 219 g/mol. The van der Waals surface area contributed by atoms with Crippen molar-refractivity contribution in [3.8, 4) is 0 Å². The SMILES string of the molecule is CC1(CN)CCN(C(=O)c2ccc(F)cc2)C1. The molecule has 1 aromatic carbocycles. The lowest BCUT2D eigenvalue weighted by Gasteiger charge is -2.22. The smallest absolute Gasteiger partial charge is 0.253 e. The van der Waals surface area contributed by atoms with Crippen molar-refractivity contribution in [3.05, 3.63) is 35.6 Å². The van der Waals surface area contributed by atoms with E-state index in [0.29, 0.717) is 18.7 Å². The van der Waals surface area contributed by atoms with Gasteiger partial charge in [0.2, 0.25) is 0 Å². The lowest BCUT2D eigenvalue weighted by molar-refractivity contribution is 0.0777. The lowest BCUT2D eigenvalue weighted by atomic mass is 9.90. The number of nitrogens with zero attached hydrogens (tertiary/aromatic N) is 1. The Labute approximate surface area is 100 Å². The molecule has 1 aliphatic rings. The third-order valence-corrected chi connectivity index (χ3v) is 3.43. The average molecular weight is 236 g/mol. The molecule has 0 radical (unpaired) electrons. The zero-order chi connectivity index (χ0) is 12.5. The van der Waals surface area contributed by atoms with E-state index < -0.39 is 0 Å². The Bertz CT molecular complexity index is 418. The van der Waals surface area contributed by atoms with Crippen LogP contribution < -0.4 is 5.73 Å². The maximum absolute atomic E-state index is 12.8. The summed E-state index contributed by atoms with van der Waals surface area (Å²) in [4.78, 5) is 13.9. The maximum atomic E-state index is 12.8. The van der Waals surface area contributed by atoms with E-state index in [1.165, 1.54) is 24.3 Å². The minimum atomic E-state index is -0.324. The van der Waals surface area contributed by atoms with Crippen LogP contribution in [0.15, 0.2) is 24.3 Å². The third kappa shape index (κ3) is 2.47. The van der Waals surface area contributed by atoms with Gasteiger partial charge in [-0.25, -0.2) is 4.39 Å². The van der Waals surface area contributed by atoms with Gasteiger partial charge in [0.25, 0.3) is 5.91 Å². The van der Waals surface area contributed by atoms with Gasteiger partial charge in [-0.15, -0.1) is 0 Å². The van der Waals surface area contributed by atoms with Crippen LogP contribution in [0.3, 0.4) is 0 Å². The van der Waals surface area contributed by atoms with Gasteiger partial charge in [-0.05, 0) is 42.6 Å². The second kappa shape index (κ2) is 4.45. The van der Waals surface area contributed by atoms with Gasteiger partial charge in [-0.2, -0.15) is 0 Å². The summed E-state index contributed by atoms with van der Waals surface area (Å²) in [5, 5.41) is 0. The summed E-state index contributed by atoms with van der Waals surface area (Å²) < 4.78 is 12.8. The zero-order valence-electron chi connectivity index (χ0n) is 9.95. The topological polar surface area (TPSA) is 46.3 Å². The first-order valence-electron chi connectivity index (χ1n) is 5.79. The van der Waals surface area contributed by atoms with Gasteiger partial charge >= 0.3 is 0 Å². The Hall–Kier alpha value is -1.42. The van der Waals surface area contributed by atoms with Crippen LogP contribution >= 0.6 is 0 Å². The average Bonchev–Trinajstić information content (AvgIpc) is 2.73. The van der Waals surface area contributed by atoms with Crippen LogP contribution in [0.4, 0.5) is 4.39 Å². The Balaban J connectivity index is 2.09. The van der Waals surface area contributed by atoms with Crippen LogP contribution in [0.5, 0.6) is 0 Å². The molecule has 1 aromatic rings. The molecule has 0 aliphatic carbocycles. The molecule has 1 fully saturated rings. The van der Waals surface area contributed by atoms with Gasteiger partial charge < -0.3 is 10.6 Å². The minimum Gasteiger partial charge on any atom is -0.338 e. The summed E-state index contributed by atoms with van der Waals surface area (Å²) in [6.07, 6.45) is 0.927. The first-order chi connectivity index (χ1) is 8.04. The molecule has 92 valence electrons. The predicted octanol–water partition coefficient (Wildman–Crippen LogP) is 1.64. The van der Waals surface area contributed by atoms with Crippen molar-refractivity contribution in [1.29, 1.82) is 0 Å². The summed E-state index contributed by atoms with van der Waals surface area (Å²) in [5.74, 6) is -0.364. The van der Waals surface area contributed by atoms with E-state index in [4.69, 9.17) is 5.73 Å². The highest BCUT2D eigenvalue weighted by Crippen LogP contribution is 2.29. The molecule has 0 spiro atoms. The van der Waals surface area contributed by atoms with Crippen LogP contribution in [-0.4, -0.2) is 30.4 Å². The molecule has 1 aliphatic heterocycles. The fourth-order valence-electron chi connectivity index (χ4n) is 2.14. The van der Waals surface area contributed by atoms with Gasteiger partial charge in [0, 0.05) is 18.7 Å². The molecule has 1 heterocycles. The van der Waals surface area contributed by atoms with E-state index in [-0.39, 0.29) is 17.1 Å². The van der Waals surface area contributed by atoms with Gasteiger partial charge in [0.15, 0.2) is 0 Å². The number of amides is 1. The van der Waals surface area contributed by atoms with Crippen molar-refractivity contribution in [2.24, 2.45) is 11.1 Å². The fourth-order valence-corrected chi connectivity index (χ4v) is 2.14. The Kier molecular flexibility index (Phi) is 3.15. The largest absolute Gasteiger partial charge is 0.338 e. The van der Waals surface area contributed by atoms with Crippen LogP contribution in [0.1, 0.15) is 23.7 Å². The molecule has 1 saturated heterocycles. The van der Waals surface area contributed by atoms with Gasteiger partial charge in [-0.1, -0.05) is 6.92 Å². The normalized spacial score (nSPS) is 24.1. The van der Waals surface area contributed by atoms with Gasteiger partial charge in [0.05, 0.1) is 0 Å². The molecule has 2 rings (SSSR count). The second-order valence-electron chi connectivity index (χ2n) is 5.00. The monoisotopic (exact) mass is 236 g/mol. The molecule has 2 N–H and O–H groups in total. The van der Waals surface area contributed by atoms with E-state index >= 15 is 0 Å². The van der Waals surface area contributed by atoms with Crippen molar-refractivity contribution < 1.29 is 9.18 Å². The Morgan fingerprint density at radius 1 is 1.47 bits per heavy atom. The van der Waals surface area contributed by atoms with Crippen molar-refractivity contribution in [1.82, 2.24) is 4.90 Å². The van der Waals surface area contributed by atoms with Crippen molar-refractivity contribution in [3.63, 3.8) is 0 Å². The lowest BCUT2D eigenvalue weighted by Crippen LogP contribution is -2.34. The molecular formula is C13H17FN2O. The number of halogens is 1. The zero-order valence-corrected chi connectivity index (χ0v) is 9.95. The minimum absolute atomic E-state index is 0.0235. The van der Waals surface area contributed by atoms with Crippen LogP contribution in [-0.2, 0) is 0 Å². The third-order valence-electron chi connectivity index (χ3n) is 3.43. The second-order valence-corrected chi connectivity index (χ2v) is 5.00. The maximum Gasteiger partial charge on any atom is 0.253 e. The molecule has 1 amide bonds. The summed E-state index contributed by atoms with van der Waals surface area (Å²) in [5.41, 5.74) is 6.26. The van der Waals surface area contributed by atoms with Crippen molar-refractivity contribution in [2.75, 3.05) is 19.6 Å². The summed E-state index contributed by atoms with van der Waals surface area (Å²) in [6.45, 7) is 4.08. The fraction of sp³-hybridized carbons (Fsp3) is 0.462. The van der Waals surface area contributed by atoms with Gasteiger partial charge in [-0.3, -0.25) is 4.79 Å². The highest BCUT2D eigenvalue weighted by atomic mass is 19.1. The van der Waals surface area contributed by atoms with Crippen LogP contribution in [0, 0.1) is 11.2 Å². The Morgan fingerprint density at radius 3 is 2.65 bits per heavy atom. The molecule has 1 unspecified atom stereocenters. The number of nitrogens with two attached hydrogens (primary N) is 1. The highest BCUT2D eigenvalue weighted by Gasteiger charge is 2.35. The molecule has 17 heavy (non-hydrogen) atoms. The Morgan fingerprint density at radius 2 is 2.12 bits per heavy atom. The van der Waals surface area contributed by atoms with Crippen LogP contribution in [0.2, 0.25) is 0 Å². The molecule has 4 heteroatoms. The number of likely N-dealkylation sites (tertiary alicyclic amines) is 1. The van der Waals surface area contributed by atoms with E-state index in [1.54, 1.807) is 4.90 Å². The predicted molar refractivity (Wildman–Crippen MR) is 64.1 cm³/mol. The number of rotatable bonds is 2. The highest BCUT2D eigenvalue weighted by molar-refractivity contribution is 5.94. The van der Waals surface area contributed by atoms with Crippen molar-refractivity contribution >= 4 is 5.91 Å². The quantitative estimate of drug-likeness (QED) is 0.848. The molecule has 3 nitrogen and oxygen atoms in total. The number of hydrogen-bond acceptors (Lipinski definition) is 2. The summed E-state index contributed by atoms with van der Waals surface area (Å²) in [7, 11) is 0. The molecule has 0 bridgehead atoms. The number of carbonyl (C=O) groups is 1. The number of benzene rings is 1. The molecule has 1 atom stereocenters. The molecule has 0 aromatic heterocycles. The van der Waals surface area contributed by atoms with Crippen LogP contribution in [0.25, 0.3) is 0 Å². The summed E-state index contributed by atoms with van der Waals surface area (Å²) in [6, 6.07) is 5.67. The van der Waals surface area contributed by atoms with E-state index in [0.717, 1.165) is 13.0 Å².